The van der Waals surface area contributed by atoms with E-state index in [-0.39, 0.29) is 25.7 Å². The minimum Gasteiger partial charge on any atom is -0.463 e. The van der Waals surface area contributed by atoms with Crippen LogP contribution in [0.25, 0.3) is 0 Å². The molecule has 0 spiro atoms. The van der Waals surface area contributed by atoms with Crippen molar-refractivity contribution in [3.05, 3.63) is 0 Å². The van der Waals surface area contributed by atoms with Crippen molar-refractivity contribution in [2.24, 2.45) is 0 Å². The molecule has 0 aliphatic heterocycles. The summed E-state index contributed by atoms with van der Waals surface area (Å²) in [7, 11) is -4.41. The fraction of sp³-hybridized carbons (Fsp3) is 0.956. The van der Waals surface area contributed by atoms with Crippen molar-refractivity contribution in [3.8, 4) is 0 Å². The number of amides is 1. The standard InChI is InChI=1S/C45H90NO8P/c1-3-5-7-9-11-13-15-17-19-20-21-22-24-25-27-29-31-33-35-37-44(48)46-39-40-53-55(50,51)54-42-43(47)41-52-45(49)38-36-34-32-30-28-26-23-18-16-14-12-10-8-6-4-2/h43,47H,3-42H2,1-2H3,(H,46,48)(H,50,51). The number of hydrogen-bond donors (Lipinski definition) is 3. The van der Waals surface area contributed by atoms with Gasteiger partial charge in [-0.05, 0) is 12.8 Å². The molecule has 0 aromatic carbocycles. The second-order valence-electron chi connectivity index (χ2n) is 16.1. The van der Waals surface area contributed by atoms with Crippen molar-refractivity contribution in [1.82, 2.24) is 5.32 Å². The summed E-state index contributed by atoms with van der Waals surface area (Å²) in [5.41, 5.74) is 0. The van der Waals surface area contributed by atoms with Gasteiger partial charge in [0.25, 0.3) is 0 Å². The van der Waals surface area contributed by atoms with E-state index >= 15 is 0 Å². The van der Waals surface area contributed by atoms with Gasteiger partial charge in [-0.2, -0.15) is 0 Å². The first-order valence-electron chi connectivity index (χ1n) is 23.5. The molecule has 2 unspecified atom stereocenters. The quantitative estimate of drug-likeness (QED) is 0.0315. The summed E-state index contributed by atoms with van der Waals surface area (Å²) in [6, 6.07) is 0. The second kappa shape index (κ2) is 42.6. The van der Waals surface area contributed by atoms with Crippen LogP contribution in [-0.2, 0) is 27.9 Å². The van der Waals surface area contributed by atoms with Crippen LogP contribution in [-0.4, -0.2) is 54.3 Å². The molecule has 0 bridgehead atoms. The Morgan fingerprint density at radius 1 is 0.491 bits per heavy atom. The molecule has 0 heterocycles. The summed E-state index contributed by atoms with van der Waals surface area (Å²) in [5, 5.41) is 12.7. The number of hydrogen-bond acceptors (Lipinski definition) is 7. The van der Waals surface area contributed by atoms with Gasteiger partial charge < -0.3 is 20.1 Å². The van der Waals surface area contributed by atoms with Crippen LogP contribution in [0, 0.1) is 0 Å². The van der Waals surface area contributed by atoms with Crippen LogP contribution in [0.3, 0.4) is 0 Å². The van der Waals surface area contributed by atoms with Gasteiger partial charge in [0.2, 0.25) is 5.91 Å². The molecule has 1 amide bonds. The molecule has 0 aliphatic rings. The molecular formula is C45H90NO8P. The lowest BCUT2D eigenvalue weighted by molar-refractivity contribution is -0.147. The van der Waals surface area contributed by atoms with Crippen LogP contribution in [0.4, 0.5) is 0 Å². The SMILES string of the molecule is CCCCCCCCCCCCCCCCCCCCCC(=O)NCCOP(=O)(O)OCC(O)COC(=O)CCCCCCCCCCCCCCCCC. The van der Waals surface area contributed by atoms with Crippen LogP contribution in [0.1, 0.15) is 245 Å². The highest BCUT2D eigenvalue weighted by Gasteiger charge is 2.23. The van der Waals surface area contributed by atoms with E-state index in [1.165, 1.54) is 180 Å². The maximum atomic E-state index is 12.1. The predicted molar refractivity (Wildman–Crippen MR) is 229 cm³/mol. The van der Waals surface area contributed by atoms with Crippen molar-refractivity contribution >= 4 is 19.7 Å². The minimum absolute atomic E-state index is 0.0886. The Kier molecular flexibility index (Phi) is 41.8. The van der Waals surface area contributed by atoms with Crippen molar-refractivity contribution in [2.75, 3.05) is 26.4 Å². The van der Waals surface area contributed by atoms with Crippen LogP contribution >= 0.6 is 7.82 Å². The van der Waals surface area contributed by atoms with E-state index in [0.29, 0.717) is 12.8 Å². The van der Waals surface area contributed by atoms with Gasteiger partial charge in [-0.1, -0.05) is 219 Å². The van der Waals surface area contributed by atoms with Gasteiger partial charge in [0.15, 0.2) is 0 Å². The summed E-state index contributed by atoms with van der Waals surface area (Å²) in [6.07, 6.45) is 43.2. The number of unbranched alkanes of at least 4 members (excludes halogenated alkanes) is 32. The molecule has 0 aromatic heterocycles. The van der Waals surface area contributed by atoms with E-state index in [9.17, 15) is 24.2 Å². The van der Waals surface area contributed by atoms with E-state index in [0.717, 1.165) is 38.5 Å². The van der Waals surface area contributed by atoms with Crippen molar-refractivity contribution < 1.29 is 37.9 Å². The van der Waals surface area contributed by atoms with Crippen molar-refractivity contribution in [2.45, 2.75) is 251 Å². The van der Waals surface area contributed by atoms with Crippen LogP contribution in [0.5, 0.6) is 0 Å². The molecule has 0 aliphatic carbocycles. The zero-order valence-corrected chi connectivity index (χ0v) is 37.0. The molecular weight excluding hydrogens is 713 g/mol. The van der Waals surface area contributed by atoms with Gasteiger partial charge in [0, 0.05) is 19.4 Å². The third-order valence-electron chi connectivity index (χ3n) is 10.5. The Balaban J connectivity index is 3.52. The van der Waals surface area contributed by atoms with E-state index in [2.05, 4.69) is 19.2 Å². The number of carbonyl (C=O) groups excluding carboxylic acids is 2. The molecule has 0 rings (SSSR count). The lowest BCUT2D eigenvalue weighted by Gasteiger charge is -2.15. The van der Waals surface area contributed by atoms with Gasteiger partial charge in [-0.25, -0.2) is 4.57 Å². The van der Waals surface area contributed by atoms with Gasteiger partial charge in [0.05, 0.1) is 13.2 Å². The molecule has 55 heavy (non-hydrogen) atoms. The Morgan fingerprint density at radius 3 is 1.18 bits per heavy atom. The van der Waals surface area contributed by atoms with Crippen LogP contribution in [0.15, 0.2) is 0 Å². The number of rotatable bonds is 45. The lowest BCUT2D eigenvalue weighted by Crippen LogP contribution is -2.27. The average molecular weight is 804 g/mol. The maximum absolute atomic E-state index is 12.1. The molecule has 3 N–H and O–H groups in total. The summed E-state index contributed by atoms with van der Waals surface area (Å²) in [6.45, 7) is 3.61. The first-order chi connectivity index (χ1) is 26.8. The van der Waals surface area contributed by atoms with Crippen molar-refractivity contribution in [3.63, 3.8) is 0 Å². The number of carbonyl (C=O) groups is 2. The Morgan fingerprint density at radius 2 is 0.818 bits per heavy atom. The first kappa shape index (κ1) is 54.0. The van der Waals surface area contributed by atoms with Gasteiger partial charge in [-0.15, -0.1) is 0 Å². The predicted octanol–water partition coefficient (Wildman–Crippen LogP) is 13.2. The van der Waals surface area contributed by atoms with Crippen molar-refractivity contribution in [1.29, 1.82) is 0 Å². The molecule has 328 valence electrons. The average Bonchev–Trinajstić information content (AvgIpc) is 3.17. The zero-order chi connectivity index (χ0) is 40.3. The topological polar surface area (TPSA) is 131 Å². The number of esters is 1. The molecule has 2 atom stereocenters. The molecule has 0 saturated carbocycles. The number of nitrogens with one attached hydrogen (secondary N) is 1. The number of ether oxygens (including phenoxy) is 1. The van der Waals surface area contributed by atoms with E-state index in [1.807, 2.05) is 0 Å². The van der Waals surface area contributed by atoms with Crippen LogP contribution in [0.2, 0.25) is 0 Å². The Hall–Kier alpha value is -0.990. The van der Waals surface area contributed by atoms with Gasteiger partial charge in [0.1, 0.15) is 12.7 Å². The Bertz CT molecular complexity index is 876. The molecule has 9 nitrogen and oxygen atoms in total. The molecule has 10 heteroatoms. The largest absolute Gasteiger partial charge is 0.472 e. The second-order valence-corrected chi connectivity index (χ2v) is 17.6. The van der Waals surface area contributed by atoms with Gasteiger partial charge >= 0.3 is 13.8 Å². The fourth-order valence-electron chi connectivity index (χ4n) is 6.97. The number of aliphatic hydroxyl groups excluding tert-OH is 1. The highest BCUT2D eigenvalue weighted by Crippen LogP contribution is 2.42. The third kappa shape index (κ3) is 44.0. The minimum atomic E-state index is -4.41. The Labute approximate surface area is 339 Å². The third-order valence-corrected chi connectivity index (χ3v) is 11.5. The number of phosphoric ester groups is 1. The number of aliphatic hydroxyl groups is 1. The van der Waals surface area contributed by atoms with E-state index in [4.69, 9.17) is 13.8 Å². The summed E-state index contributed by atoms with van der Waals surface area (Å²) in [5.74, 6) is -0.501. The molecule has 0 fully saturated rings. The van der Waals surface area contributed by atoms with Gasteiger partial charge in [-0.3, -0.25) is 18.6 Å². The lowest BCUT2D eigenvalue weighted by atomic mass is 10.0. The normalized spacial score (nSPS) is 13.2. The highest BCUT2D eigenvalue weighted by atomic mass is 31.2. The van der Waals surface area contributed by atoms with E-state index < -0.39 is 26.5 Å². The smallest absolute Gasteiger partial charge is 0.463 e. The molecule has 0 radical (unpaired) electrons. The first-order valence-corrected chi connectivity index (χ1v) is 25.0. The molecule has 0 saturated heterocycles. The summed E-state index contributed by atoms with van der Waals surface area (Å²) < 4.78 is 26.9. The van der Waals surface area contributed by atoms with Crippen LogP contribution < -0.4 is 5.32 Å². The molecule has 0 aromatic rings. The monoisotopic (exact) mass is 804 g/mol. The summed E-state index contributed by atoms with van der Waals surface area (Å²) >= 11 is 0. The highest BCUT2D eigenvalue weighted by molar-refractivity contribution is 7.47. The summed E-state index contributed by atoms with van der Waals surface area (Å²) in [4.78, 5) is 34.0. The maximum Gasteiger partial charge on any atom is 0.472 e. The zero-order valence-electron chi connectivity index (χ0n) is 36.2. The number of phosphoric acid groups is 1. The fourth-order valence-corrected chi connectivity index (χ4v) is 7.73. The van der Waals surface area contributed by atoms with E-state index in [1.54, 1.807) is 0 Å².